The van der Waals surface area contributed by atoms with E-state index in [4.69, 9.17) is 10.00 Å². The minimum Gasteiger partial charge on any atom is -0.465 e. The molecule has 0 aliphatic carbocycles. The number of nitrogens with zero attached hydrogens (tertiary/aromatic N) is 3. The van der Waals surface area contributed by atoms with Crippen molar-refractivity contribution in [3.05, 3.63) is 10.5 Å². The van der Waals surface area contributed by atoms with Gasteiger partial charge in [0.25, 0.3) is 0 Å². The summed E-state index contributed by atoms with van der Waals surface area (Å²) in [5.41, 5.74) is 1.47. The lowest BCUT2D eigenvalue weighted by atomic mass is 10.2. The molecule has 0 saturated heterocycles. The molecule has 0 N–H and O–H groups in total. The van der Waals surface area contributed by atoms with E-state index < -0.39 is 11.9 Å². The van der Waals surface area contributed by atoms with E-state index in [1.807, 2.05) is 6.07 Å². The third kappa shape index (κ3) is 2.23. The van der Waals surface area contributed by atoms with Crippen LogP contribution in [0.5, 0.6) is 0 Å². The zero-order chi connectivity index (χ0) is 9.68. The highest BCUT2D eigenvalue weighted by molar-refractivity contribution is 7.09. The Bertz CT molecular complexity index is 317. The van der Waals surface area contributed by atoms with Gasteiger partial charge in [-0.15, -0.1) is 21.5 Å². The van der Waals surface area contributed by atoms with Crippen LogP contribution >= 0.6 is 11.3 Å². The lowest BCUT2D eigenvalue weighted by Crippen LogP contribution is -2.14. The summed E-state index contributed by atoms with van der Waals surface area (Å²) in [5, 5.41) is 16.2. The highest BCUT2D eigenvalue weighted by Gasteiger charge is 2.24. The van der Waals surface area contributed by atoms with E-state index in [2.05, 4.69) is 10.2 Å². The summed E-state index contributed by atoms with van der Waals surface area (Å²) in [6.07, 6.45) is 0. The standard InChI is InChI=1S/C7H7N3O2S/c1-2-12-7(11)5(3-8)6-10-9-4-13-6/h4-5H,2H2,1H3. The fourth-order valence-electron chi connectivity index (χ4n) is 0.742. The molecule has 1 rings (SSSR count). The summed E-state index contributed by atoms with van der Waals surface area (Å²) in [6.45, 7) is 1.95. The highest BCUT2D eigenvalue weighted by atomic mass is 32.1. The Morgan fingerprint density at radius 1 is 1.92 bits per heavy atom. The first-order valence-corrected chi connectivity index (χ1v) is 4.49. The number of ether oxygens (including phenoxy) is 1. The minimum absolute atomic E-state index is 0.260. The first-order chi connectivity index (χ1) is 6.29. The fourth-order valence-corrected chi connectivity index (χ4v) is 1.32. The maximum atomic E-state index is 11.2. The van der Waals surface area contributed by atoms with Gasteiger partial charge in [-0.3, -0.25) is 4.79 Å². The summed E-state index contributed by atoms with van der Waals surface area (Å²) in [7, 11) is 0. The van der Waals surface area contributed by atoms with Crippen LogP contribution in [0.25, 0.3) is 0 Å². The zero-order valence-corrected chi connectivity index (χ0v) is 7.74. The van der Waals surface area contributed by atoms with E-state index in [1.165, 1.54) is 5.51 Å². The smallest absolute Gasteiger partial charge is 0.330 e. The molecular formula is C7H7N3O2S. The molecule has 0 aliphatic rings. The lowest BCUT2D eigenvalue weighted by molar-refractivity contribution is -0.143. The highest BCUT2D eigenvalue weighted by Crippen LogP contribution is 2.17. The molecule has 0 aliphatic heterocycles. The second-order valence-corrected chi connectivity index (χ2v) is 2.96. The number of carbonyl (C=O) groups is 1. The molecule has 0 spiro atoms. The molecule has 1 aromatic heterocycles. The molecular weight excluding hydrogens is 190 g/mol. The van der Waals surface area contributed by atoms with Crippen LogP contribution in [0, 0.1) is 11.3 Å². The van der Waals surface area contributed by atoms with Crippen molar-refractivity contribution < 1.29 is 9.53 Å². The molecule has 6 heteroatoms. The lowest BCUT2D eigenvalue weighted by Gasteiger charge is -2.03. The largest absolute Gasteiger partial charge is 0.465 e. The van der Waals surface area contributed by atoms with E-state index in [1.54, 1.807) is 6.92 Å². The Morgan fingerprint density at radius 3 is 3.15 bits per heavy atom. The molecule has 13 heavy (non-hydrogen) atoms. The molecule has 1 aromatic rings. The first kappa shape index (κ1) is 9.61. The summed E-state index contributed by atoms with van der Waals surface area (Å²) in [4.78, 5) is 11.2. The topological polar surface area (TPSA) is 75.9 Å². The van der Waals surface area contributed by atoms with Gasteiger partial charge in [0.15, 0.2) is 5.92 Å². The second-order valence-electron chi connectivity index (χ2n) is 2.09. The van der Waals surface area contributed by atoms with Crippen LogP contribution in [0.4, 0.5) is 0 Å². The molecule has 0 fully saturated rings. The average molecular weight is 197 g/mol. The Hall–Kier alpha value is -1.48. The Labute approximate surface area is 79.0 Å². The first-order valence-electron chi connectivity index (χ1n) is 3.62. The number of carbonyl (C=O) groups excluding carboxylic acids is 1. The minimum atomic E-state index is -0.938. The molecule has 1 heterocycles. The number of nitriles is 1. The van der Waals surface area contributed by atoms with Crippen molar-refractivity contribution in [2.45, 2.75) is 12.8 Å². The molecule has 0 saturated carbocycles. The zero-order valence-electron chi connectivity index (χ0n) is 6.93. The van der Waals surface area contributed by atoms with Crippen LogP contribution < -0.4 is 0 Å². The van der Waals surface area contributed by atoms with Gasteiger partial charge in [-0.25, -0.2) is 0 Å². The summed E-state index contributed by atoms with van der Waals surface area (Å²) in [6, 6.07) is 1.82. The molecule has 0 aromatic carbocycles. The predicted molar refractivity (Wildman–Crippen MR) is 44.9 cm³/mol. The van der Waals surface area contributed by atoms with Crippen molar-refractivity contribution >= 4 is 17.3 Å². The molecule has 0 radical (unpaired) electrons. The van der Waals surface area contributed by atoms with Gasteiger partial charge in [0.2, 0.25) is 0 Å². The van der Waals surface area contributed by atoms with E-state index in [0.717, 1.165) is 11.3 Å². The van der Waals surface area contributed by atoms with E-state index >= 15 is 0 Å². The third-order valence-electron chi connectivity index (χ3n) is 1.28. The third-order valence-corrected chi connectivity index (χ3v) is 2.03. The van der Waals surface area contributed by atoms with Crippen molar-refractivity contribution in [1.29, 1.82) is 5.26 Å². The number of hydrogen-bond donors (Lipinski definition) is 0. The van der Waals surface area contributed by atoms with Gasteiger partial charge < -0.3 is 4.74 Å². The van der Waals surface area contributed by atoms with E-state index in [0.29, 0.717) is 5.01 Å². The Kier molecular flexibility index (Phi) is 3.34. The fraction of sp³-hybridized carbons (Fsp3) is 0.429. The van der Waals surface area contributed by atoms with Crippen LogP contribution in [0.15, 0.2) is 5.51 Å². The van der Waals surface area contributed by atoms with Crippen molar-refractivity contribution in [1.82, 2.24) is 10.2 Å². The van der Waals surface area contributed by atoms with Crippen molar-refractivity contribution in [3.63, 3.8) is 0 Å². The number of hydrogen-bond acceptors (Lipinski definition) is 6. The van der Waals surface area contributed by atoms with Gasteiger partial charge in [0.05, 0.1) is 12.7 Å². The second kappa shape index (κ2) is 4.52. The summed E-state index contributed by atoms with van der Waals surface area (Å²) in [5.74, 6) is -1.51. The predicted octanol–water partition coefficient (Wildman–Crippen LogP) is 0.708. The van der Waals surface area contributed by atoms with Crippen LogP contribution in [0.1, 0.15) is 17.8 Å². The van der Waals surface area contributed by atoms with Crippen LogP contribution in [-0.4, -0.2) is 22.8 Å². The van der Waals surface area contributed by atoms with E-state index in [9.17, 15) is 4.79 Å². The quantitative estimate of drug-likeness (QED) is 0.667. The van der Waals surface area contributed by atoms with Crippen LogP contribution in [-0.2, 0) is 9.53 Å². The molecule has 68 valence electrons. The SMILES string of the molecule is CCOC(=O)C(C#N)c1nncs1. The Morgan fingerprint density at radius 2 is 2.69 bits per heavy atom. The number of rotatable bonds is 3. The van der Waals surface area contributed by atoms with Crippen molar-refractivity contribution in [2.24, 2.45) is 0 Å². The van der Waals surface area contributed by atoms with Crippen molar-refractivity contribution in [3.8, 4) is 6.07 Å². The van der Waals surface area contributed by atoms with Gasteiger partial charge in [-0.05, 0) is 6.92 Å². The molecule has 0 amide bonds. The normalized spacial score (nSPS) is 11.7. The van der Waals surface area contributed by atoms with Gasteiger partial charge in [-0.1, -0.05) is 0 Å². The van der Waals surface area contributed by atoms with Crippen LogP contribution in [0.3, 0.4) is 0 Å². The Balaban J connectivity index is 2.76. The average Bonchev–Trinajstić information content (AvgIpc) is 2.59. The summed E-state index contributed by atoms with van der Waals surface area (Å²) < 4.78 is 4.70. The molecule has 5 nitrogen and oxygen atoms in total. The molecule has 1 atom stereocenters. The summed E-state index contributed by atoms with van der Waals surface area (Å²) >= 11 is 1.16. The molecule has 1 unspecified atom stereocenters. The van der Waals surface area contributed by atoms with Gasteiger partial charge in [0, 0.05) is 0 Å². The maximum Gasteiger partial charge on any atom is 0.330 e. The van der Waals surface area contributed by atoms with Gasteiger partial charge in [0.1, 0.15) is 10.5 Å². The number of aromatic nitrogens is 2. The monoisotopic (exact) mass is 197 g/mol. The number of esters is 1. The van der Waals surface area contributed by atoms with Crippen LogP contribution in [0.2, 0.25) is 0 Å². The molecule has 0 bridgehead atoms. The van der Waals surface area contributed by atoms with E-state index in [-0.39, 0.29) is 6.61 Å². The maximum absolute atomic E-state index is 11.2. The van der Waals surface area contributed by atoms with Gasteiger partial charge in [-0.2, -0.15) is 5.26 Å². The van der Waals surface area contributed by atoms with Gasteiger partial charge >= 0.3 is 5.97 Å². The van der Waals surface area contributed by atoms with Crippen molar-refractivity contribution in [2.75, 3.05) is 6.61 Å².